The molecule has 0 fully saturated rings. The highest BCUT2D eigenvalue weighted by Crippen LogP contribution is 2.32. The molecular formula is C15H20N2O. The number of para-hydroxylation sites is 1. The molecule has 2 rings (SSSR count). The first kappa shape index (κ1) is 12.9. The highest BCUT2D eigenvalue weighted by atomic mass is 16.3. The highest BCUT2D eigenvalue weighted by molar-refractivity contribution is 5.55. The van der Waals surface area contributed by atoms with E-state index in [-0.39, 0.29) is 6.10 Å². The largest absolute Gasteiger partial charge is 0.388 e. The fraction of sp³-hybridized carbons (Fsp3) is 0.533. The van der Waals surface area contributed by atoms with E-state index in [0.29, 0.717) is 6.42 Å². The van der Waals surface area contributed by atoms with Crippen molar-refractivity contribution in [2.45, 2.75) is 38.2 Å². The van der Waals surface area contributed by atoms with Crippen LogP contribution in [0.15, 0.2) is 24.3 Å². The molecule has 0 amide bonds. The number of hydrogen-bond acceptors (Lipinski definition) is 3. The van der Waals surface area contributed by atoms with Crippen LogP contribution in [0, 0.1) is 11.3 Å². The van der Waals surface area contributed by atoms with Crippen molar-refractivity contribution in [2.75, 3.05) is 18.0 Å². The van der Waals surface area contributed by atoms with Crippen molar-refractivity contribution in [1.82, 2.24) is 0 Å². The summed E-state index contributed by atoms with van der Waals surface area (Å²) in [6.07, 6.45) is 4.17. The van der Waals surface area contributed by atoms with Crippen LogP contribution in [-0.2, 0) is 0 Å². The van der Waals surface area contributed by atoms with E-state index in [2.05, 4.69) is 17.0 Å². The third kappa shape index (κ3) is 3.02. The Labute approximate surface area is 109 Å². The van der Waals surface area contributed by atoms with Crippen molar-refractivity contribution in [1.29, 1.82) is 5.26 Å². The SMILES string of the molecule is N#CCCCCN1CCCC(O)c2ccccc21. The zero-order valence-electron chi connectivity index (χ0n) is 10.7. The molecule has 1 aromatic rings. The molecule has 0 aliphatic carbocycles. The van der Waals surface area contributed by atoms with Crippen LogP contribution in [0.2, 0.25) is 0 Å². The van der Waals surface area contributed by atoms with Crippen LogP contribution in [-0.4, -0.2) is 18.2 Å². The van der Waals surface area contributed by atoms with Crippen LogP contribution in [0.25, 0.3) is 0 Å². The van der Waals surface area contributed by atoms with Gasteiger partial charge in [0.25, 0.3) is 0 Å². The van der Waals surface area contributed by atoms with Gasteiger partial charge in [-0.1, -0.05) is 18.2 Å². The first-order valence-corrected chi connectivity index (χ1v) is 6.72. The number of unbranched alkanes of at least 4 members (excludes halogenated alkanes) is 2. The highest BCUT2D eigenvalue weighted by Gasteiger charge is 2.20. The van der Waals surface area contributed by atoms with Gasteiger partial charge in [0.15, 0.2) is 0 Å². The zero-order chi connectivity index (χ0) is 12.8. The minimum Gasteiger partial charge on any atom is -0.388 e. The van der Waals surface area contributed by atoms with Crippen molar-refractivity contribution in [3.05, 3.63) is 29.8 Å². The molecule has 0 radical (unpaired) electrons. The Morgan fingerprint density at radius 1 is 1.33 bits per heavy atom. The maximum absolute atomic E-state index is 10.1. The van der Waals surface area contributed by atoms with Gasteiger partial charge in [-0.3, -0.25) is 0 Å². The Bertz CT molecular complexity index is 425. The molecule has 18 heavy (non-hydrogen) atoms. The van der Waals surface area contributed by atoms with Gasteiger partial charge in [0.1, 0.15) is 0 Å². The number of nitrogens with zero attached hydrogens (tertiary/aromatic N) is 2. The summed E-state index contributed by atoms with van der Waals surface area (Å²) in [5, 5.41) is 18.6. The van der Waals surface area contributed by atoms with Crippen molar-refractivity contribution >= 4 is 5.69 Å². The van der Waals surface area contributed by atoms with E-state index in [1.165, 1.54) is 5.69 Å². The molecule has 3 nitrogen and oxygen atoms in total. The van der Waals surface area contributed by atoms with Gasteiger partial charge in [0, 0.05) is 30.8 Å². The fourth-order valence-electron chi connectivity index (χ4n) is 2.55. The summed E-state index contributed by atoms with van der Waals surface area (Å²) in [5.41, 5.74) is 2.22. The van der Waals surface area contributed by atoms with Crippen LogP contribution < -0.4 is 4.90 Å². The molecule has 3 heteroatoms. The number of fused-ring (bicyclic) bond motifs is 1. The molecule has 0 aromatic heterocycles. The van der Waals surface area contributed by atoms with Gasteiger partial charge in [0.2, 0.25) is 0 Å². The maximum atomic E-state index is 10.1. The quantitative estimate of drug-likeness (QED) is 0.828. The molecule has 1 aromatic carbocycles. The fourth-order valence-corrected chi connectivity index (χ4v) is 2.55. The first-order chi connectivity index (χ1) is 8.83. The van der Waals surface area contributed by atoms with Gasteiger partial charge in [0.05, 0.1) is 12.2 Å². The first-order valence-electron chi connectivity index (χ1n) is 6.72. The number of rotatable bonds is 4. The molecule has 0 saturated carbocycles. The summed E-state index contributed by atoms with van der Waals surface area (Å²) in [6, 6.07) is 10.3. The van der Waals surface area contributed by atoms with Crippen LogP contribution in [0.3, 0.4) is 0 Å². The number of anilines is 1. The van der Waals surface area contributed by atoms with Crippen molar-refractivity contribution in [2.24, 2.45) is 0 Å². The van der Waals surface area contributed by atoms with Gasteiger partial charge in [-0.05, 0) is 31.7 Å². The second-order valence-corrected chi connectivity index (χ2v) is 4.82. The van der Waals surface area contributed by atoms with Crippen LogP contribution in [0.1, 0.15) is 43.8 Å². The van der Waals surface area contributed by atoms with Crippen LogP contribution >= 0.6 is 0 Å². The summed E-state index contributed by atoms with van der Waals surface area (Å²) >= 11 is 0. The van der Waals surface area contributed by atoms with E-state index >= 15 is 0 Å². The minimum atomic E-state index is -0.328. The molecule has 0 bridgehead atoms. The van der Waals surface area contributed by atoms with E-state index in [4.69, 9.17) is 5.26 Å². The van der Waals surface area contributed by atoms with E-state index in [0.717, 1.165) is 44.3 Å². The average Bonchev–Trinajstić information content (AvgIpc) is 2.56. The Kier molecular flexibility index (Phi) is 4.60. The molecular weight excluding hydrogens is 224 g/mol. The molecule has 1 heterocycles. The molecule has 1 unspecified atom stereocenters. The third-order valence-electron chi connectivity index (χ3n) is 3.51. The predicted molar refractivity (Wildman–Crippen MR) is 72.3 cm³/mol. The lowest BCUT2D eigenvalue weighted by Crippen LogP contribution is -2.25. The van der Waals surface area contributed by atoms with Gasteiger partial charge >= 0.3 is 0 Å². The van der Waals surface area contributed by atoms with Crippen molar-refractivity contribution in [3.63, 3.8) is 0 Å². The maximum Gasteiger partial charge on any atom is 0.0810 e. The van der Waals surface area contributed by atoms with E-state index in [1.807, 2.05) is 18.2 Å². The normalized spacial score (nSPS) is 18.9. The van der Waals surface area contributed by atoms with Gasteiger partial charge in [-0.2, -0.15) is 5.26 Å². The van der Waals surface area contributed by atoms with Gasteiger partial charge in [-0.25, -0.2) is 0 Å². The van der Waals surface area contributed by atoms with E-state index < -0.39 is 0 Å². The number of hydrogen-bond donors (Lipinski definition) is 1. The van der Waals surface area contributed by atoms with Gasteiger partial charge in [-0.15, -0.1) is 0 Å². The number of aliphatic hydroxyl groups is 1. The van der Waals surface area contributed by atoms with Crippen LogP contribution in [0.5, 0.6) is 0 Å². The lowest BCUT2D eigenvalue weighted by atomic mass is 10.0. The zero-order valence-corrected chi connectivity index (χ0v) is 10.7. The van der Waals surface area contributed by atoms with Crippen LogP contribution in [0.4, 0.5) is 5.69 Å². The molecule has 1 aliphatic heterocycles. The van der Waals surface area contributed by atoms with E-state index in [9.17, 15) is 5.11 Å². The second kappa shape index (κ2) is 6.42. The summed E-state index contributed by atoms with van der Waals surface area (Å²) in [6.45, 7) is 1.98. The lowest BCUT2D eigenvalue weighted by molar-refractivity contribution is 0.168. The van der Waals surface area contributed by atoms with Gasteiger partial charge < -0.3 is 10.0 Å². The number of aliphatic hydroxyl groups excluding tert-OH is 1. The van der Waals surface area contributed by atoms with E-state index in [1.54, 1.807) is 0 Å². The molecule has 1 N–H and O–H groups in total. The second-order valence-electron chi connectivity index (χ2n) is 4.82. The summed E-state index contributed by atoms with van der Waals surface area (Å²) in [5.74, 6) is 0. The monoisotopic (exact) mass is 244 g/mol. The minimum absolute atomic E-state index is 0.328. The molecule has 96 valence electrons. The molecule has 0 saturated heterocycles. The smallest absolute Gasteiger partial charge is 0.0810 e. The number of benzene rings is 1. The lowest BCUT2D eigenvalue weighted by Gasteiger charge is -2.25. The predicted octanol–water partition coefficient (Wildman–Crippen LogP) is 3.01. The standard InChI is InChI=1S/C15H20N2O/c16-10-4-1-5-11-17-12-6-9-15(18)13-7-2-3-8-14(13)17/h2-3,7-8,15,18H,1,4-6,9,11-12H2. The Morgan fingerprint density at radius 3 is 3.00 bits per heavy atom. The molecule has 1 atom stereocenters. The summed E-state index contributed by atoms with van der Waals surface area (Å²) in [7, 11) is 0. The van der Waals surface area contributed by atoms with Crippen molar-refractivity contribution < 1.29 is 5.11 Å². The summed E-state index contributed by atoms with van der Waals surface area (Å²) in [4.78, 5) is 2.35. The number of nitriles is 1. The molecule has 0 spiro atoms. The third-order valence-corrected chi connectivity index (χ3v) is 3.51. The Hall–Kier alpha value is -1.53. The summed E-state index contributed by atoms with van der Waals surface area (Å²) < 4.78 is 0. The molecule has 1 aliphatic rings. The Morgan fingerprint density at radius 2 is 2.17 bits per heavy atom. The van der Waals surface area contributed by atoms with Crippen molar-refractivity contribution in [3.8, 4) is 6.07 Å². The topological polar surface area (TPSA) is 47.3 Å². The average molecular weight is 244 g/mol. The Balaban J connectivity index is 2.06.